The van der Waals surface area contributed by atoms with E-state index in [0.29, 0.717) is 5.56 Å². The van der Waals surface area contributed by atoms with Crippen molar-refractivity contribution < 1.29 is 9.90 Å². The first kappa shape index (κ1) is 8.07. The summed E-state index contributed by atoms with van der Waals surface area (Å²) in [5.74, 6) is -0.451. The Balaban J connectivity index is 2.67. The predicted octanol–water partition coefficient (Wildman–Crippen LogP) is 1.71. The lowest BCUT2D eigenvalue weighted by molar-refractivity contribution is 0.100. The van der Waals surface area contributed by atoms with Crippen molar-refractivity contribution in [2.45, 2.75) is 0 Å². The van der Waals surface area contributed by atoms with Crippen molar-refractivity contribution in [2.75, 3.05) is 0 Å². The number of benzene rings is 1. The van der Waals surface area contributed by atoms with Gasteiger partial charge in [0.1, 0.15) is 0 Å². The van der Waals surface area contributed by atoms with E-state index in [9.17, 15) is 9.90 Å². The van der Waals surface area contributed by atoms with Crippen LogP contribution in [0.25, 0.3) is 10.1 Å². The smallest absolute Gasteiger partial charge is 0.248 e. The van der Waals surface area contributed by atoms with Crippen LogP contribution in [0.15, 0.2) is 24.3 Å². The molecule has 0 saturated heterocycles. The number of thiophene rings is 1. The zero-order valence-electron chi connectivity index (χ0n) is 6.65. The quantitative estimate of drug-likeness (QED) is 0.724. The second-order valence-electron chi connectivity index (χ2n) is 2.70. The molecule has 0 radical (unpaired) electrons. The van der Waals surface area contributed by atoms with Crippen LogP contribution in [0, 0.1) is 0 Å². The number of nitrogens with two attached hydrogens (primary N) is 1. The number of carbonyl (C=O) groups excluding carboxylic acids is 1. The topological polar surface area (TPSA) is 63.3 Å². The standard InChI is InChI=1S/C9H7NO2S/c10-9(12)5-1-2-7-6(3-5)4-8(11)13-7/h1-4,11H,(H2,10,12). The van der Waals surface area contributed by atoms with Gasteiger partial charge in [-0.05, 0) is 29.7 Å². The summed E-state index contributed by atoms with van der Waals surface area (Å²) in [5, 5.41) is 10.3. The third-order valence-electron chi connectivity index (χ3n) is 1.79. The Kier molecular flexibility index (Phi) is 1.70. The van der Waals surface area contributed by atoms with Crippen molar-refractivity contribution in [3.8, 4) is 5.06 Å². The van der Waals surface area contributed by atoms with Crippen molar-refractivity contribution in [3.63, 3.8) is 0 Å². The molecule has 0 fully saturated rings. The maximum atomic E-state index is 10.8. The Morgan fingerprint density at radius 3 is 2.85 bits per heavy atom. The van der Waals surface area contributed by atoms with Crippen LogP contribution in [-0.2, 0) is 0 Å². The first-order chi connectivity index (χ1) is 6.16. The van der Waals surface area contributed by atoms with Crippen LogP contribution in [0.2, 0.25) is 0 Å². The number of hydrogen-bond acceptors (Lipinski definition) is 3. The lowest BCUT2D eigenvalue weighted by atomic mass is 10.1. The Labute approximate surface area is 78.4 Å². The van der Waals surface area contributed by atoms with Gasteiger partial charge in [-0.1, -0.05) is 11.3 Å². The lowest BCUT2D eigenvalue weighted by Crippen LogP contribution is -2.10. The van der Waals surface area contributed by atoms with Crippen molar-refractivity contribution >= 4 is 27.3 Å². The van der Waals surface area contributed by atoms with E-state index < -0.39 is 5.91 Å². The summed E-state index contributed by atoms with van der Waals surface area (Å²) in [6, 6.07) is 6.72. The molecule has 2 aromatic rings. The van der Waals surface area contributed by atoms with Crippen molar-refractivity contribution in [3.05, 3.63) is 29.8 Å². The van der Waals surface area contributed by atoms with Gasteiger partial charge in [0.25, 0.3) is 0 Å². The van der Waals surface area contributed by atoms with E-state index in [-0.39, 0.29) is 5.06 Å². The number of carbonyl (C=O) groups is 1. The van der Waals surface area contributed by atoms with Crippen LogP contribution in [0.3, 0.4) is 0 Å². The minimum absolute atomic E-state index is 0.247. The fourth-order valence-corrected chi connectivity index (χ4v) is 1.97. The van der Waals surface area contributed by atoms with Crippen molar-refractivity contribution in [2.24, 2.45) is 5.73 Å². The Morgan fingerprint density at radius 1 is 1.38 bits per heavy atom. The van der Waals surface area contributed by atoms with E-state index in [1.165, 1.54) is 11.3 Å². The van der Waals surface area contributed by atoms with E-state index in [1.807, 2.05) is 0 Å². The lowest BCUT2D eigenvalue weighted by Gasteiger charge is -1.93. The summed E-state index contributed by atoms with van der Waals surface area (Å²) in [7, 11) is 0. The number of hydrogen-bond donors (Lipinski definition) is 2. The maximum Gasteiger partial charge on any atom is 0.248 e. The van der Waals surface area contributed by atoms with Gasteiger partial charge >= 0.3 is 0 Å². The third kappa shape index (κ3) is 1.36. The molecular weight excluding hydrogens is 186 g/mol. The molecule has 0 saturated carbocycles. The number of amides is 1. The van der Waals surface area contributed by atoms with Crippen LogP contribution >= 0.6 is 11.3 Å². The summed E-state index contributed by atoms with van der Waals surface area (Å²) < 4.78 is 0.947. The van der Waals surface area contributed by atoms with Gasteiger partial charge in [0.15, 0.2) is 5.06 Å². The highest BCUT2D eigenvalue weighted by Crippen LogP contribution is 2.30. The molecule has 1 amide bonds. The van der Waals surface area contributed by atoms with Gasteiger partial charge in [0.05, 0.1) is 0 Å². The normalized spacial score (nSPS) is 10.5. The van der Waals surface area contributed by atoms with E-state index in [1.54, 1.807) is 24.3 Å². The molecule has 13 heavy (non-hydrogen) atoms. The molecule has 1 aromatic carbocycles. The first-order valence-electron chi connectivity index (χ1n) is 3.69. The number of fused-ring (bicyclic) bond motifs is 1. The fourth-order valence-electron chi connectivity index (χ4n) is 1.18. The SMILES string of the molecule is NC(=O)c1ccc2sc(O)cc2c1. The summed E-state index contributed by atoms with van der Waals surface area (Å²) in [5.41, 5.74) is 5.58. The molecule has 4 heteroatoms. The monoisotopic (exact) mass is 193 g/mol. The predicted molar refractivity (Wildman–Crippen MR) is 52.0 cm³/mol. The van der Waals surface area contributed by atoms with Crippen LogP contribution in [0.4, 0.5) is 0 Å². The highest BCUT2D eigenvalue weighted by molar-refractivity contribution is 7.20. The maximum absolute atomic E-state index is 10.8. The average Bonchev–Trinajstić information content (AvgIpc) is 2.42. The second kappa shape index (κ2) is 2.74. The number of aromatic hydroxyl groups is 1. The zero-order valence-corrected chi connectivity index (χ0v) is 7.47. The number of primary amides is 1. The van der Waals surface area contributed by atoms with Gasteiger partial charge in [-0.25, -0.2) is 0 Å². The fraction of sp³-hybridized carbons (Fsp3) is 0. The minimum Gasteiger partial charge on any atom is -0.499 e. The average molecular weight is 193 g/mol. The molecule has 3 nitrogen and oxygen atoms in total. The summed E-state index contributed by atoms with van der Waals surface area (Å²) in [6.45, 7) is 0. The second-order valence-corrected chi connectivity index (χ2v) is 3.76. The molecule has 0 aliphatic carbocycles. The van der Waals surface area contributed by atoms with Gasteiger partial charge in [0, 0.05) is 10.3 Å². The molecule has 0 aliphatic rings. The van der Waals surface area contributed by atoms with Gasteiger partial charge in [-0.3, -0.25) is 4.79 Å². The summed E-state index contributed by atoms with van der Waals surface area (Å²) >= 11 is 1.28. The number of rotatable bonds is 1. The van der Waals surface area contributed by atoms with Crippen LogP contribution < -0.4 is 5.73 Å². The Hall–Kier alpha value is -1.55. The molecule has 1 heterocycles. The molecule has 0 aliphatic heterocycles. The van der Waals surface area contributed by atoms with Crippen molar-refractivity contribution in [1.29, 1.82) is 0 Å². The summed E-state index contributed by atoms with van der Waals surface area (Å²) in [6.07, 6.45) is 0. The molecule has 66 valence electrons. The molecule has 0 spiro atoms. The van der Waals surface area contributed by atoms with Crippen molar-refractivity contribution in [1.82, 2.24) is 0 Å². The van der Waals surface area contributed by atoms with Gasteiger partial charge < -0.3 is 10.8 Å². The van der Waals surface area contributed by atoms with E-state index in [4.69, 9.17) is 5.73 Å². The molecular formula is C9H7NO2S. The zero-order chi connectivity index (χ0) is 9.42. The molecule has 0 bridgehead atoms. The molecule has 3 N–H and O–H groups in total. The molecule has 0 atom stereocenters. The van der Waals surface area contributed by atoms with E-state index in [2.05, 4.69) is 0 Å². The van der Waals surface area contributed by atoms with Crippen LogP contribution in [-0.4, -0.2) is 11.0 Å². The van der Waals surface area contributed by atoms with E-state index in [0.717, 1.165) is 10.1 Å². The third-order valence-corrected chi connectivity index (χ3v) is 2.71. The molecule has 0 unspecified atom stereocenters. The van der Waals surface area contributed by atoms with Crippen LogP contribution in [0.5, 0.6) is 5.06 Å². The van der Waals surface area contributed by atoms with Gasteiger partial charge in [-0.15, -0.1) is 0 Å². The molecule has 1 aromatic heterocycles. The Morgan fingerprint density at radius 2 is 2.15 bits per heavy atom. The molecule has 2 rings (SSSR count). The first-order valence-corrected chi connectivity index (χ1v) is 4.51. The highest BCUT2D eigenvalue weighted by atomic mass is 32.1. The minimum atomic E-state index is -0.451. The van der Waals surface area contributed by atoms with Gasteiger partial charge in [0.2, 0.25) is 5.91 Å². The van der Waals surface area contributed by atoms with Crippen LogP contribution in [0.1, 0.15) is 10.4 Å². The highest BCUT2D eigenvalue weighted by Gasteiger charge is 2.04. The van der Waals surface area contributed by atoms with Gasteiger partial charge in [-0.2, -0.15) is 0 Å². The summed E-state index contributed by atoms with van der Waals surface area (Å²) in [4.78, 5) is 10.8. The van der Waals surface area contributed by atoms with E-state index >= 15 is 0 Å². The Bertz CT molecular complexity index is 475. The largest absolute Gasteiger partial charge is 0.499 e.